The molecule has 2 aromatic carbocycles. The smallest absolute Gasteiger partial charge is 0.264 e. The highest BCUT2D eigenvalue weighted by Crippen LogP contribution is 2.29. The summed E-state index contributed by atoms with van der Waals surface area (Å²) in [6.07, 6.45) is 0. The Hall–Kier alpha value is -1.33. The minimum absolute atomic E-state index is 0.223. The molecular formula is C18H22BrNO2S. The van der Waals surface area contributed by atoms with E-state index in [1.54, 1.807) is 24.3 Å². The standard InChI is InChI=1S/C18H22BrNO2S/c1-13(2)12-20(18-10-5-14(3)11-15(18)4)23(21,22)17-8-6-16(19)7-9-17/h5-11,13H,12H2,1-4H3. The van der Waals surface area contributed by atoms with E-state index >= 15 is 0 Å². The minimum Gasteiger partial charge on any atom is -0.266 e. The normalized spacial score (nSPS) is 11.7. The maximum Gasteiger partial charge on any atom is 0.264 e. The molecule has 0 fully saturated rings. The molecule has 0 bridgehead atoms. The van der Waals surface area contributed by atoms with E-state index in [0.717, 1.165) is 21.3 Å². The van der Waals surface area contributed by atoms with Crippen LogP contribution in [0.5, 0.6) is 0 Å². The van der Waals surface area contributed by atoms with E-state index in [-0.39, 0.29) is 5.92 Å². The van der Waals surface area contributed by atoms with Gasteiger partial charge in [-0.25, -0.2) is 8.42 Å². The van der Waals surface area contributed by atoms with Crippen molar-refractivity contribution in [3.63, 3.8) is 0 Å². The van der Waals surface area contributed by atoms with E-state index in [1.165, 1.54) is 4.31 Å². The van der Waals surface area contributed by atoms with Crippen LogP contribution in [0.4, 0.5) is 5.69 Å². The van der Waals surface area contributed by atoms with Gasteiger partial charge in [-0.1, -0.05) is 47.5 Å². The second-order valence-electron chi connectivity index (χ2n) is 6.17. The zero-order chi connectivity index (χ0) is 17.2. The Kier molecular flexibility index (Phi) is 5.53. The lowest BCUT2D eigenvalue weighted by molar-refractivity contribution is 0.577. The zero-order valence-electron chi connectivity index (χ0n) is 13.9. The van der Waals surface area contributed by atoms with Crippen molar-refractivity contribution in [3.05, 3.63) is 58.1 Å². The van der Waals surface area contributed by atoms with Crippen LogP contribution in [0.3, 0.4) is 0 Å². The third-order valence-electron chi connectivity index (χ3n) is 3.55. The molecule has 2 aromatic rings. The molecule has 2 rings (SSSR count). The fourth-order valence-electron chi connectivity index (χ4n) is 2.48. The highest BCUT2D eigenvalue weighted by atomic mass is 79.9. The Morgan fingerprint density at radius 1 is 1.04 bits per heavy atom. The summed E-state index contributed by atoms with van der Waals surface area (Å²) in [5, 5.41) is 0. The molecule has 0 saturated heterocycles. The number of rotatable bonds is 5. The van der Waals surface area contributed by atoms with Crippen molar-refractivity contribution in [1.29, 1.82) is 0 Å². The van der Waals surface area contributed by atoms with E-state index in [4.69, 9.17) is 0 Å². The van der Waals surface area contributed by atoms with Crippen LogP contribution in [0.2, 0.25) is 0 Å². The SMILES string of the molecule is Cc1ccc(N(CC(C)C)S(=O)(=O)c2ccc(Br)cc2)c(C)c1. The first kappa shape index (κ1) is 18.0. The van der Waals surface area contributed by atoms with Crippen molar-refractivity contribution in [2.75, 3.05) is 10.8 Å². The van der Waals surface area contributed by atoms with Gasteiger partial charge in [0.05, 0.1) is 10.6 Å². The molecule has 0 amide bonds. The number of hydrogen-bond acceptors (Lipinski definition) is 2. The largest absolute Gasteiger partial charge is 0.266 e. The summed E-state index contributed by atoms with van der Waals surface area (Å²) in [6.45, 7) is 8.45. The molecular weight excluding hydrogens is 374 g/mol. The first-order valence-corrected chi connectivity index (χ1v) is 9.80. The lowest BCUT2D eigenvalue weighted by Crippen LogP contribution is -2.34. The fraction of sp³-hybridized carbons (Fsp3) is 0.333. The predicted molar refractivity (Wildman–Crippen MR) is 99.4 cm³/mol. The van der Waals surface area contributed by atoms with Crippen LogP contribution in [0.15, 0.2) is 51.8 Å². The third-order valence-corrected chi connectivity index (χ3v) is 5.88. The molecule has 0 unspecified atom stereocenters. The average molecular weight is 396 g/mol. The zero-order valence-corrected chi connectivity index (χ0v) is 16.3. The molecule has 0 aliphatic carbocycles. The summed E-state index contributed by atoms with van der Waals surface area (Å²) in [5.41, 5.74) is 2.83. The first-order valence-electron chi connectivity index (χ1n) is 7.57. The van der Waals surface area contributed by atoms with E-state index in [1.807, 2.05) is 45.9 Å². The third kappa shape index (κ3) is 4.15. The molecule has 5 heteroatoms. The molecule has 0 aliphatic heterocycles. The molecule has 124 valence electrons. The van der Waals surface area contributed by atoms with Crippen LogP contribution < -0.4 is 4.31 Å². The van der Waals surface area contributed by atoms with Gasteiger partial charge in [0.25, 0.3) is 10.0 Å². The quantitative estimate of drug-likeness (QED) is 0.720. The Balaban J connectivity index is 2.55. The van der Waals surface area contributed by atoms with Gasteiger partial charge in [-0.3, -0.25) is 4.31 Å². The number of aryl methyl sites for hydroxylation is 2. The number of hydrogen-bond donors (Lipinski definition) is 0. The first-order chi connectivity index (χ1) is 10.7. The van der Waals surface area contributed by atoms with Gasteiger partial charge < -0.3 is 0 Å². The molecule has 0 aromatic heterocycles. The van der Waals surface area contributed by atoms with Gasteiger partial charge in [0, 0.05) is 11.0 Å². The number of anilines is 1. The Morgan fingerprint density at radius 3 is 2.17 bits per heavy atom. The molecule has 0 N–H and O–H groups in total. The minimum atomic E-state index is -3.59. The van der Waals surface area contributed by atoms with E-state index in [0.29, 0.717) is 11.4 Å². The lowest BCUT2D eigenvalue weighted by atomic mass is 10.1. The van der Waals surface area contributed by atoms with Gasteiger partial charge in [0.15, 0.2) is 0 Å². The van der Waals surface area contributed by atoms with Crippen LogP contribution in [0, 0.1) is 19.8 Å². The summed E-state index contributed by atoms with van der Waals surface area (Å²) >= 11 is 3.35. The maximum absolute atomic E-state index is 13.1. The summed E-state index contributed by atoms with van der Waals surface area (Å²) < 4.78 is 28.6. The average Bonchev–Trinajstić information content (AvgIpc) is 2.45. The van der Waals surface area contributed by atoms with Crippen molar-refractivity contribution in [2.45, 2.75) is 32.6 Å². The van der Waals surface area contributed by atoms with E-state index < -0.39 is 10.0 Å². The molecule has 0 radical (unpaired) electrons. The van der Waals surface area contributed by atoms with Crippen LogP contribution in [-0.2, 0) is 10.0 Å². The number of benzene rings is 2. The van der Waals surface area contributed by atoms with Crippen LogP contribution in [0.1, 0.15) is 25.0 Å². The Bertz CT molecular complexity index is 783. The van der Waals surface area contributed by atoms with Crippen LogP contribution in [0.25, 0.3) is 0 Å². The second-order valence-corrected chi connectivity index (χ2v) is 8.95. The summed E-state index contributed by atoms with van der Waals surface area (Å²) in [5.74, 6) is 0.223. The van der Waals surface area contributed by atoms with Crippen molar-refractivity contribution >= 4 is 31.6 Å². The van der Waals surface area contributed by atoms with Gasteiger partial charge in [-0.05, 0) is 55.7 Å². The van der Waals surface area contributed by atoms with Crippen LogP contribution >= 0.6 is 15.9 Å². The summed E-state index contributed by atoms with van der Waals surface area (Å²) in [6, 6.07) is 12.6. The van der Waals surface area contributed by atoms with Gasteiger partial charge in [-0.15, -0.1) is 0 Å². The molecule has 0 aliphatic rings. The van der Waals surface area contributed by atoms with Crippen molar-refractivity contribution < 1.29 is 8.42 Å². The van der Waals surface area contributed by atoms with E-state index in [2.05, 4.69) is 15.9 Å². The Morgan fingerprint density at radius 2 is 1.65 bits per heavy atom. The molecule has 0 saturated carbocycles. The van der Waals surface area contributed by atoms with Crippen LogP contribution in [-0.4, -0.2) is 15.0 Å². The molecule has 3 nitrogen and oxygen atoms in total. The molecule has 0 spiro atoms. The van der Waals surface area contributed by atoms with Crippen molar-refractivity contribution in [1.82, 2.24) is 0 Å². The predicted octanol–water partition coefficient (Wildman–Crippen LogP) is 4.92. The highest BCUT2D eigenvalue weighted by Gasteiger charge is 2.26. The maximum atomic E-state index is 13.1. The highest BCUT2D eigenvalue weighted by molar-refractivity contribution is 9.10. The van der Waals surface area contributed by atoms with Gasteiger partial charge >= 0.3 is 0 Å². The van der Waals surface area contributed by atoms with Gasteiger partial charge in [0.2, 0.25) is 0 Å². The Labute approximate surface area is 147 Å². The topological polar surface area (TPSA) is 37.4 Å². The molecule has 0 atom stereocenters. The van der Waals surface area contributed by atoms with Gasteiger partial charge in [0.1, 0.15) is 0 Å². The fourth-order valence-corrected chi connectivity index (χ4v) is 4.43. The van der Waals surface area contributed by atoms with Crippen molar-refractivity contribution in [2.24, 2.45) is 5.92 Å². The van der Waals surface area contributed by atoms with Gasteiger partial charge in [-0.2, -0.15) is 0 Å². The summed E-state index contributed by atoms with van der Waals surface area (Å²) in [7, 11) is -3.59. The summed E-state index contributed by atoms with van der Waals surface area (Å²) in [4.78, 5) is 0.307. The second kappa shape index (κ2) is 7.05. The number of sulfonamides is 1. The van der Waals surface area contributed by atoms with E-state index in [9.17, 15) is 8.42 Å². The monoisotopic (exact) mass is 395 g/mol. The number of halogens is 1. The number of nitrogens with zero attached hydrogens (tertiary/aromatic N) is 1. The van der Waals surface area contributed by atoms with Crippen molar-refractivity contribution in [3.8, 4) is 0 Å². The lowest BCUT2D eigenvalue weighted by Gasteiger charge is -2.28. The molecule has 23 heavy (non-hydrogen) atoms. The molecule has 0 heterocycles.